The summed E-state index contributed by atoms with van der Waals surface area (Å²) in [6.45, 7) is 2.28. The lowest BCUT2D eigenvalue weighted by molar-refractivity contribution is -0.105. The molecule has 1 saturated heterocycles. The van der Waals surface area contributed by atoms with E-state index >= 15 is 0 Å². The average molecular weight is 459 g/mol. The van der Waals surface area contributed by atoms with Crippen LogP contribution in [0.4, 0.5) is 0 Å². The van der Waals surface area contributed by atoms with Crippen molar-refractivity contribution >= 4 is 22.5 Å². The third-order valence-corrected chi connectivity index (χ3v) is 8.02. The number of likely N-dealkylation sites (tertiary alicyclic amines) is 1. The molecule has 0 amide bonds. The number of hydrogen-bond donors (Lipinski definition) is 3. The molecule has 1 aliphatic heterocycles. The van der Waals surface area contributed by atoms with Crippen LogP contribution in [0.15, 0.2) is 72.8 Å². The third kappa shape index (κ3) is 3.36. The number of benzene rings is 3. The van der Waals surface area contributed by atoms with Crippen molar-refractivity contribution in [2.75, 3.05) is 13.1 Å². The Bertz CT molecular complexity index is 1330. The van der Waals surface area contributed by atoms with Crippen LogP contribution in [0, 0.1) is 0 Å². The topological polar surface area (TPSA) is 59.5 Å². The molecule has 0 unspecified atom stereocenters. The fraction of sp³-hybridized carbons (Fsp3) is 0.286. The number of aromatic nitrogens is 1. The van der Waals surface area contributed by atoms with E-state index in [1.165, 1.54) is 11.1 Å². The van der Waals surface area contributed by atoms with Gasteiger partial charge in [0.2, 0.25) is 0 Å². The van der Waals surface area contributed by atoms with E-state index in [0.717, 1.165) is 41.7 Å². The third-order valence-electron chi connectivity index (χ3n) is 7.78. The van der Waals surface area contributed by atoms with Gasteiger partial charge in [0.1, 0.15) is 5.75 Å². The second kappa shape index (κ2) is 7.63. The van der Waals surface area contributed by atoms with Gasteiger partial charge in [-0.25, -0.2) is 0 Å². The van der Waals surface area contributed by atoms with Gasteiger partial charge in [0, 0.05) is 53.0 Å². The highest BCUT2D eigenvalue weighted by atomic mass is 35.5. The van der Waals surface area contributed by atoms with E-state index < -0.39 is 11.0 Å². The Balaban J connectivity index is 1.46. The Morgan fingerprint density at radius 2 is 1.82 bits per heavy atom. The molecule has 1 fully saturated rings. The van der Waals surface area contributed by atoms with Crippen LogP contribution in [0.25, 0.3) is 10.9 Å². The molecule has 1 aromatic heterocycles. The normalized spacial score (nSPS) is 25.0. The number of rotatable bonds is 3. The minimum atomic E-state index is -0.963. The zero-order valence-corrected chi connectivity index (χ0v) is 19.1. The molecule has 5 heteroatoms. The lowest BCUT2D eigenvalue weighted by atomic mass is 9.56. The predicted octanol–water partition coefficient (Wildman–Crippen LogP) is 5.20. The molecule has 0 radical (unpaired) electrons. The molecular formula is C28H27ClN2O2. The van der Waals surface area contributed by atoms with Crippen molar-refractivity contribution in [3.05, 3.63) is 100 Å². The van der Waals surface area contributed by atoms with Crippen LogP contribution in [0.3, 0.4) is 0 Å². The van der Waals surface area contributed by atoms with Crippen LogP contribution in [-0.4, -0.2) is 38.8 Å². The van der Waals surface area contributed by atoms with E-state index in [4.69, 9.17) is 11.6 Å². The van der Waals surface area contributed by atoms with Crippen molar-refractivity contribution < 1.29 is 10.2 Å². The molecule has 2 heterocycles. The van der Waals surface area contributed by atoms with Crippen molar-refractivity contribution in [3.63, 3.8) is 0 Å². The highest BCUT2D eigenvalue weighted by Gasteiger charge is 2.57. The summed E-state index contributed by atoms with van der Waals surface area (Å²) >= 11 is 6.26. The predicted molar refractivity (Wildman–Crippen MR) is 132 cm³/mol. The molecular weight excluding hydrogens is 432 g/mol. The summed E-state index contributed by atoms with van der Waals surface area (Å²) in [4.78, 5) is 5.96. The van der Waals surface area contributed by atoms with E-state index in [1.54, 1.807) is 6.07 Å². The number of phenols is 1. The summed E-state index contributed by atoms with van der Waals surface area (Å²) < 4.78 is 0. The van der Waals surface area contributed by atoms with E-state index in [1.807, 2.05) is 30.3 Å². The van der Waals surface area contributed by atoms with Crippen molar-refractivity contribution in [2.45, 2.75) is 36.8 Å². The molecule has 0 bridgehead atoms. The van der Waals surface area contributed by atoms with Gasteiger partial charge < -0.3 is 15.2 Å². The Morgan fingerprint density at radius 1 is 0.970 bits per heavy atom. The van der Waals surface area contributed by atoms with Crippen LogP contribution < -0.4 is 0 Å². The summed E-state index contributed by atoms with van der Waals surface area (Å²) in [6, 6.07) is 23.9. The number of nitrogens with one attached hydrogen (secondary N) is 1. The molecule has 2 aliphatic rings. The zero-order chi connectivity index (χ0) is 22.6. The Morgan fingerprint density at radius 3 is 2.64 bits per heavy atom. The monoisotopic (exact) mass is 458 g/mol. The summed E-state index contributed by atoms with van der Waals surface area (Å²) in [5.41, 5.74) is 4.18. The molecule has 6 rings (SSSR count). The standard InChI is InChI=1S/C28H27ClN2O2/c29-21-9-10-23-24-15-28(33)18-31(17-19-5-2-1-3-6-19)12-11-27(28,16-26(24)30-25(23)14-21)20-7-4-8-22(32)13-20/h1-10,13-14,30,32-33H,11-12,15-18H2/t27-,28-/m0/s1. The van der Waals surface area contributed by atoms with Crippen LogP contribution in [0.2, 0.25) is 5.02 Å². The zero-order valence-electron chi connectivity index (χ0n) is 18.4. The Kier molecular flexibility index (Phi) is 4.80. The number of hydrogen-bond acceptors (Lipinski definition) is 3. The maximum atomic E-state index is 12.5. The van der Waals surface area contributed by atoms with E-state index in [2.05, 4.69) is 46.3 Å². The molecule has 2 atom stereocenters. The van der Waals surface area contributed by atoms with Crippen LogP contribution in [-0.2, 0) is 24.8 Å². The van der Waals surface area contributed by atoms with Gasteiger partial charge in [0.25, 0.3) is 0 Å². The molecule has 0 saturated carbocycles. The molecule has 33 heavy (non-hydrogen) atoms. The van der Waals surface area contributed by atoms with Gasteiger partial charge in [-0.3, -0.25) is 4.90 Å². The first kappa shape index (κ1) is 20.8. The van der Waals surface area contributed by atoms with Gasteiger partial charge in [0.05, 0.1) is 5.60 Å². The maximum Gasteiger partial charge on any atom is 0.115 e. The van der Waals surface area contributed by atoms with Crippen molar-refractivity contribution in [3.8, 4) is 5.75 Å². The first-order valence-corrected chi connectivity index (χ1v) is 11.9. The van der Waals surface area contributed by atoms with Gasteiger partial charge in [-0.1, -0.05) is 60.1 Å². The first-order valence-electron chi connectivity index (χ1n) is 11.5. The lowest BCUT2D eigenvalue weighted by Crippen LogP contribution is -2.66. The summed E-state index contributed by atoms with van der Waals surface area (Å²) in [6.07, 6.45) is 2.08. The summed E-state index contributed by atoms with van der Waals surface area (Å²) in [7, 11) is 0. The largest absolute Gasteiger partial charge is 0.508 e. The van der Waals surface area contributed by atoms with Gasteiger partial charge in [-0.05, 0) is 53.9 Å². The van der Waals surface area contributed by atoms with Crippen LogP contribution >= 0.6 is 11.6 Å². The van der Waals surface area contributed by atoms with E-state index in [0.29, 0.717) is 24.4 Å². The number of phenolic OH excluding ortho intramolecular Hbond substituents is 1. The second-order valence-corrected chi connectivity index (χ2v) is 10.2. The van der Waals surface area contributed by atoms with Crippen molar-refractivity contribution in [1.82, 2.24) is 9.88 Å². The van der Waals surface area contributed by atoms with E-state index in [-0.39, 0.29) is 5.75 Å². The molecule has 3 N–H and O–H groups in total. The average Bonchev–Trinajstić information content (AvgIpc) is 3.13. The number of nitrogens with zero attached hydrogens (tertiary/aromatic N) is 1. The number of halogens is 1. The van der Waals surface area contributed by atoms with Gasteiger partial charge in [0.15, 0.2) is 0 Å². The van der Waals surface area contributed by atoms with Crippen LogP contribution in [0.5, 0.6) is 5.75 Å². The minimum absolute atomic E-state index is 0.241. The second-order valence-electron chi connectivity index (χ2n) is 9.74. The molecule has 168 valence electrons. The highest BCUT2D eigenvalue weighted by Crippen LogP contribution is 2.52. The highest BCUT2D eigenvalue weighted by molar-refractivity contribution is 6.31. The fourth-order valence-electron chi connectivity index (χ4n) is 6.19. The number of H-pyrrole nitrogens is 1. The summed E-state index contributed by atoms with van der Waals surface area (Å²) in [5, 5.41) is 24.6. The SMILES string of the molecule is Oc1cccc([C@@]23CCN(Cc4ccccc4)C[C@@]2(O)Cc2c([nH]c4cc(Cl)ccc24)C3)c1. The number of piperidine rings is 1. The van der Waals surface area contributed by atoms with Gasteiger partial charge >= 0.3 is 0 Å². The molecule has 4 aromatic rings. The molecule has 0 spiro atoms. The number of aromatic amines is 1. The van der Waals surface area contributed by atoms with Gasteiger partial charge in [-0.15, -0.1) is 0 Å². The van der Waals surface area contributed by atoms with Crippen molar-refractivity contribution in [1.29, 1.82) is 0 Å². The van der Waals surface area contributed by atoms with Gasteiger partial charge in [-0.2, -0.15) is 0 Å². The number of aromatic hydroxyl groups is 1. The minimum Gasteiger partial charge on any atom is -0.508 e. The number of aliphatic hydroxyl groups is 1. The number of fused-ring (bicyclic) bond motifs is 4. The van der Waals surface area contributed by atoms with Crippen LogP contribution in [0.1, 0.15) is 28.8 Å². The Labute approximate surface area is 198 Å². The fourth-order valence-corrected chi connectivity index (χ4v) is 6.36. The quantitative estimate of drug-likeness (QED) is 0.395. The summed E-state index contributed by atoms with van der Waals surface area (Å²) in [5.74, 6) is 0.241. The number of β-amino-alcohol motifs (C(OH)–C–C–N with tert-alkyl or cyclic N) is 1. The smallest absolute Gasteiger partial charge is 0.115 e. The molecule has 3 aromatic carbocycles. The maximum absolute atomic E-state index is 12.5. The lowest BCUT2D eigenvalue weighted by Gasteiger charge is -2.56. The van der Waals surface area contributed by atoms with E-state index in [9.17, 15) is 10.2 Å². The molecule has 1 aliphatic carbocycles. The molecule has 4 nitrogen and oxygen atoms in total. The Hall–Kier alpha value is -2.79. The van der Waals surface area contributed by atoms with Crippen molar-refractivity contribution in [2.24, 2.45) is 0 Å². The first-order chi connectivity index (χ1) is 16.0.